The summed E-state index contributed by atoms with van der Waals surface area (Å²) in [5, 5.41) is 0. The van der Waals surface area contributed by atoms with Crippen molar-refractivity contribution in [2.24, 2.45) is 0 Å². The van der Waals surface area contributed by atoms with Crippen LogP contribution < -0.4 is 0 Å². The lowest BCUT2D eigenvalue weighted by atomic mass is 10.0. The Hall–Kier alpha value is -4.68. The standard InChI is InChI=1S/2C14H14.2C8H10.6C2H6/c1-11-3-7-13(8-4-11)14-9-5-12(2)6-10-14;1-11-6-8-13(9-7-11)14-5-3-4-12(2)10-14;1-7-3-5-8(2)6-4-7;1-7-4-3-5-8(2)6-7;6*1-2/h2*3-10H,1-2H3;2*3-6H,1-2H3;6*1-2H3. The fourth-order valence-electron chi connectivity index (χ4n) is 4.51. The van der Waals surface area contributed by atoms with E-state index in [4.69, 9.17) is 0 Å². The van der Waals surface area contributed by atoms with E-state index in [1.807, 2.05) is 83.1 Å². The predicted molar refractivity (Wildman–Crippen MR) is 263 cm³/mol. The van der Waals surface area contributed by atoms with E-state index in [2.05, 4.69) is 201 Å². The molecule has 0 amide bonds. The Bertz CT molecular complexity index is 1590. The highest BCUT2D eigenvalue weighted by Gasteiger charge is 1.97. The second-order valence-electron chi connectivity index (χ2n) is 11.8. The molecule has 0 heterocycles. The summed E-state index contributed by atoms with van der Waals surface area (Å²) in [4.78, 5) is 0. The zero-order valence-electron chi connectivity index (χ0n) is 39.9. The lowest BCUT2D eigenvalue weighted by Crippen LogP contribution is -1.79. The summed E-state index contributed by atoms with van der Waals surface area (Å²) in [5.41, 5.74) is 15.7. The highest BCUT2D eigenvalue weighted by molar-refractivity contribution is 5.65. The van der Waals surface area contributed by atoms with Gasteiger partial charge in [0.05, 0.1) is 0 Å². The molecule has 0 saturated carbocycles. The molecule has 0 aromatic heterocycles. The topological polar surface area (TPSA) is 0 Å². The van der Waals surface area contributed by atoms with Gasteiger partial charge in [0.15, 0.2) is 0 Å². The third kappa shape index (κ3) is 28.7. The highest BCUT2D eigenvalue weighted by Crippen LogP contribution is 2.21. The Labute approximate surface area is 349 Å². The summed E-state index contributed by atoms with van der Waals surface area (Å²) in [6.45, 7) is 40.9. The van der Waals surface area contributed by atoms with Crippen molar-refractivity contribution >= 4 is 0 Å². The molecule has 0 unspecified atom stereocenters. The Kier molecular flexibility index (Phi) is 41.4. The van der Waals surface area contributed by atoms with E-state index >= 15 is 0 Å². The Balaban J connectivity index is -0.000000301. The van der Waals surface area contributed by atoms with Crippen LogP contribution in [0.25, 0.3) is 22.3 Å². The van der Waals surface area contributed by atoms with Crippen molar-refractivity contribution in [2.45, 2.75) is 138 Å². The summed E-state index contributed by atoms with van der Waals surface area (Å²) in [7, 11) is 0. The Morgan fingerprint density at radius 2 is 0.375 bits per heavy atom. The van der Waals surface area contributed by atoms with Gasteiger partial charge in [-0.15, -0.1) is 0 Å². The van der Waals surface area contributed by atoms with Gasteiger partial charge in [0.1, 0.15) is 0 Å². The molecule has 308 valence electrons. The molecular weight excluding hydrogens is 673 g/mol. The van der Waals surface area contributed by atoms with Gasteiger partial charge in [-0.1, -0.05) is 273 Å². The molecule has 0 radical (unpaired) electrons. The maximum absolute atomic E-state index is 2.21. The van der Waals surface area contributed by atoms with Gasteiger partial charge in [-0.05, 0) is 77.6 Å². The fourth-order valence-corrected chi connectivity index (χ4v) is 4.51. The first-order valence-corrected chi connectivity index (χ1v) is 21.4. The molecule has 0 spiro atoms. The van der Waals surface area contributed by atoms with Crippen LogP contribution in [-0.2, 0) is 0 Å². The number of rotatable bonds is 2. The smallest absolute Gasteiger partial charge is 0.0181 e. The van der Waals surface area contributed by atoms with E-state index in [-0.39, 0.29) is 0 Å². The molecule has 0 aliphatic carbocycles. The van der Waals surface area contributed by atoms with Gasteiger partial charge in [0.2, 0.25) is 0 Å². The predicted octanol–water partition coefficient (Wildman–Crippen LogP) is 18.7. The molecule has 0 N–H and O–H groups in total. The van der Waals surface area contributed by atoms with Gasteiger partial charge in [0.25, 0.3) is 0 Å². The highest BCUT2D eigenvalue weighted by atomic mass is 14.0. The quantitative estimate of drug-likeness (QED) is 0.165. The van der Waals surface area contributed by atoms with Crippen molar-refractivity contribution in [3.05, 3.63) is 190 Å². The third-order valence-corrected chi connectivity index (χ3v) is 7.23. The van der Waals surface area contributed by atoms with E-state index < -0.39 is 0 Å². The van der Waals surface area contributed by atoms with E-state index in [0.717, 1.165) is 0 Å². The SMILES string of the molecule is CC.CC.CC.CC.CC.CC.Cc1ccc(-c2ccc(C)cc2)cc1.Cc1ccc(-c2cccc(C)c2)cc1.Cc1ccc(C)cc1.Cc1cccc(C)c1. The van der Waals surface area contributed by atoms with E-state index in [1.54, 1.807) is 0 Å². The van der Waals surface area contributed by atoms with Gasteiger partial charge in [-0.2, -0.15) is 0 Å². The first kappa shape index (κ1) is 58.0. The summed E-state index contributed by atoms with van der Waals surface area (Å²) < 4.78 is 0. The molecule has 0 saturated heterocycles. The Morgan fingerprint density at radius 1 is 0.179 bits per heavy atom. The van der Waals surface area contributed by atoms with Crippen LogP contribution in [0.15, 0.2) is 146 Å². The second kappa shape index (κ2) is 40.0. The second-order valence-corrected chi connectivity index (χ2v) is 11.8. The van der Waals surface area contributed by atoms with Gasteiger partial charge in [-0.3, -0.25) is 0 Å². The van der Waals surface area contributed by atoms with Crippen LogP contribution >= 0.6 is 0 Å². The molecule has 56 heavy (non-hydrogen) atoms. The van der Waals surface area contributed by atoms with Crippen molar-refractivity contribution in [3.63, 3.8) is 0 Å². The molecule has 0 aliphatic rings. The van der Waals surface area contributed by atoms with E-state index in [1.165, 1.54) is 66.8 Å². The van der Waals surface area contributed by atoms with Gasteiger partial charge in [0, 0.05) is 0 Å². The minimum Gasteiger partial charge on any atom is -0.0683 e. The minimum absolute atomic E-state index is 1.29. The molecule has 0 heteroatoms. The van der Waals surface area contributed by atoms with Crippen LogP contribution in [0.5, 0.6) is 0 Å². The zero-order valence-corrected chi connectivity index (χ0v) is 39.9. The monoisotopic (exact) mass is 757 g/mol. The molecule has 0 bridgehead atoms. The van der Waals surface area contributed by atoms with Gasteiger partial charge in [-0.25, -0.2) is 0 Å². The van der Waals surface area contributed by atoms with E-state index in [9.17, 15) is 0 Å². The van der Waals surface area contributed by atoms with Crippen molar-refractivity contribution in [1.29, 1.82) is 0 Å². The van der Waals surface area contributed by atoms with Gasteiger partial charge >= 0.3 is 0 Å². The summed E-state index contributed by atoms with van der Waals surface area (Å²) in [6, 6.07) is 51.4. The first-order chi connectivity index (χ1) is 27.1. The molecule has 0 atom stereocenters. The molecule has 6 rings (SSSR count). The maximum atomic E-state index is 2.21. The largest absolute Gasteiger partial charge is 0.0683 e. The van der Waals surface area contributed by atoms with Crippen molar-refractivity contribution < 1.29 is 0 Å². The van der Waals surface area contributed by atoms with Crippen molar-refractivity contribution in [2.75, 3.05) is 0 Å². The fraction of sp³-hybridized carbons (Fsp3) is 0.357. The number of hydrogen-bond acceptors (Lipinski definition) is 0. The van der Waals surface area contributed by atoms with Crippen LogP contribution in [0.4, 0.5) is 0 Å². The number of hydrogen-bond donors (Lipinski definition) is 0. The van der Waals surface area contributed by atoms with Gasteiger partial charge < -0.3 is 0 Å². The summed E-state index contributed by atoms with van der Waals surface area (Å²) in [6.07, 6.45) is 0. The molecular formula is C56H84. The molecule has 6 aromatic rings. The Morgan fingerprint density at radius 3 is 0.589 bits per heavy atom. The van der Waals surface area contributed by atoms with Crippen LogP contribution in [0, 0.1) is 55.4 Å². The van der Waals surface area contributed by atoms with E-state index in [0.29, 0.717) is 0 Å². The molecule has 6 aromatic carbocycles. The molecule has 0 fully saturated rings. The lowest BCUT2D eigenvalue weighted by Gasteiger charge is -2.02. The molecule has 0 aliphatic heterocycles. The number of benzene rings is 6. The van der Waals surface area contributed by atoms with Crippen LogP contribution in [0.1, 0.15) is 128 Å². The first-order valence-electron chi connectivity index (χ1n) is 21.4. The van der Waals surface area contributed by atoms with Crippen LogP contribution in [-0.4, -0.2) is 0 Å². The van der Waals surface area contributed by atoms with Crippen LogP contribution in [0.2, 0.25) is 0 Å². The van der Waals surface area contributed by atoms with Crippen molar-refractivity contribution in [3.8, 4) is 22.3 Å². The summed E-state index contributed by atoms with van der Waals surface area (Å²) >= 11 is 0. The normalized spacial score (nSPS) is 8.36. The minimum atomic E-state index is 1.29. The summed E-state index contributed by atoms with van der Waals surface area (Å²) in [5.74, 6) is 0. The third-order valence-electron chi connectivity index (χ3n) is 7.23. The zero-order chi connectivity index (χ0) is 43.9. The lowest BCUT2D eigenvalue weighted by molar-refractivity contribution is 1.39. The maximum Gasteiger partial charge on any atom is -0.0181 e. The number of aryl methyl sites for hydroxylation is 8. The molecule has 0 nitrogen and oxygen atoms in total. The van der Waals surface area contributed by atoms with Crippen LogP contribution in [0.3, 0.4) is 0 Å². The average molecular weight is 757 g/mol. The average Bonchev–Trinajstić information content (AvgIpc) is 3.25. The van der Waals surface area contributed by atoms with Crippen molar-refractivity contribution in [1.82, 2.24) is 0 Å².